The van der Waals surface area contributed by atoms with Gasteiger partial charge in [0, 0.05) is 23.9 Å². The highest BCUT2D eigenvalue weighted by molar-refractivity contribution is 5.33. The minimum Gasteiger partial charge on any atom is -0.328 e. The predicted molar refractivity (Wildman–Crippen MR) is 72.7 cm³/mol. The monoisotopic (exact) mass is 241 g/mol. The molecule has 1 aliphatic rings. The average Bonchev–Trinajstić information content (AvgIpc) is 2.89. The Hall–Kier alpha value is -1.61. The van der Waals surface area contributed by atoms with Gasteiger partial charge in [-0.25, -0.2) is 4.68 Å². The van der Waals surface area contributed by atoms with Crippen LogP contribution >= 0.6 is 0 Å². The highest BCUT2D eigenvalue weighted by Crippen LogP contribution is 2.32. The quantitative estimate of drug-likeness (QED) is 0.878. The van der Waals surface area contributed by atoms with E-state index < -0.39 is 0 Å². The van der Waals surface area contributed by atoms with Crippen molar-refractivity contribution in [1.82, 2.24) is 9.78 Å². The average molecular weight is 241 g/mol. The van der Waals surface area contributed by atoms with Crippen LogP contribution in [0.4, 0.5) is 0 Å². The third-order valence-electron chi connectivity index (χ3n) is 3.81. The van der Waals surface area contributed by atoms with Crippen molar-refractivity contribution < 1.29 is 0 Å². The highest BCUT2D eigenvalue weighted by atomic mass is 15.3. The summed E-state index contributed by atoms with van der Waals surface area (Å²) >= 11 is 0. The maximum absolute atomic E-state index is 6.09. The van der Waals surface area contributed by atoms with Gasteiger partial charge < -0.3 is 5.73 Å². The number of hydrogen-bond donors (Lipinski definition) is 1. The molecule has 0 aliphatic heterocycles. The normalized spacial score (nSPS) is 24.1. The molecule has 2 unspecified atom stereocenters. The van der Waals surface area contributed by atoms with Gasteiger partial charge in [0.05, 0.1) is 5.69 Å². The summed E-state index contributed by atoms with van der Waals surface area (Å²) in [6.45, 7) is 0. The number of benzene rings is 1. The van der Waals surface area contributed by atoms with E-state index >= 15 is 0 Å². The number of nitrogens with zero attached hydrogens (tertiary/aromatic N) is 2. The molecule has 2 N–H and O–H groups in total. The Morgan fingerprint density at radius 3 is 2.72 bits per heavy atom. The van der Waals surface area contributed by atoms with Gasteiger partial charge in [-0.15, -0.1) is 0 Å². The molecule has 3 rings (SSSR count). The van der Waals surface area contributed by atoms with E-state index in [1.54, 1.807) is 0 Å². The molecule has 1 heterocycles. The summed E-state index contributed by atoms with van der Waals surface area (Å²) in [4.78, 5) is 0. The highest BCUT2D eigenvalue weighted by Gasteiger charge is 2.23. The summed E-state index contributed by atoms with van der Waals surface area (Å²) < 4.78 is 2.06. The first-order valence-electron chi connectivity index (χ1n) is 6.69. The van der Waals surface area contributed by atoms with E-state index in [9.17, 15) is 0 Å². The van der Waals surface area contributed by atoms with Crippen LogP contribution in [-0.4, -0.2) is 15.8 Å². The van der Waals surface area contributed by atoms with Gasteiger partial charge >= 0.3 is 0 Å². The minimum atomic E-state index is 0.350. The van der Waals surface area contributed by atoms with Gasteiger partial charge in [0.2, 0.25) is 0 Å². The lowest BCUT2D eigenvalue weighted by molar-refractivity contribution is 0.383. The van der Waals surface area contributed by atoms with Crippen molar-refractivity contribution in [2.24, 2.45) is 5.73 Å². The molecule has 3 heteroatoms. The van der Waals surface area contributed by atoms with E-state index in [4.69, 9.17) is 5.73 Å². The summed E-state index contributed by atoms with van der Waals surface area (Å²) in [6, 6.07) is 12.8. The first-order valence-corrected chi connectivity index (χ1v) is 6.69. The van der Waals surface area contributed by atoms with Crippen molar-refractivity contribution in [3.63, 3.8) is 0 Å². The van der Waals surface area contributed by atoms with Crippen molar-refractivity contribution in [3.8, 4) is 5.69 Å². The van der Waals surface area contributed by atoms with Crippen molar-refractivity contribution in [2.75, 3.05) is 0 Å². The minimum absolute atomic E-state index is 0.350. The molecule has 0 spiro atoms. The number of aromatic nitrogens is 2. The van der Waals surface area contributed by atoms with Crippen LogP contribution < -0.4 is 5.73 Å². The summed E-state index contributed by atoms with van der Waals surface area (Å²) in [7, 11) is 0. The molecule has 2 atom stereocenters. The van der Waals surface area contributed by atoms with Gasteiger partial charge in [0.15, 0.2) is 0 Å². The second-order valence-corrected chi connectivity index (χ2v) is 5.13. The summed E-state index contributed by atoms with van der Waals surface area (Å²) in [5, 5.41) is 4.46. The molecule has 3 nitrogen and oxygen atoms in total. The van der Waals surface area contributed by atoms with E-state index in [0.717, 1.165) is 18.5 Å². The van der Waals surface area contributed by atoms with Crippen LogP contribution in [0.5, 0.6) is 0 Å². The molecule has 1 saturated carbocycles. The molecule has 0 radical (unpaired) electrons. The van der Waals surface area contributed by atoms with Crippen LogP contribution in [0, 0.1) is 0 Å². The standard InChI is InChI=1S/C15H19N3/c16-13-6-4-5-12(11-13)15-9-10-17-18(15)14-7-2-1-3-8-14/h1-3,7-10,12-13H,4-6,11,16H2. The Morgan fingerprint density at radius 2 is 1.94 bits per heavy atom. The molecular weight excluding hydrogens is 222 g/mol. The second-order valence-electron chi connectivity index (χ2n) is 5.13. The lowest BCUT2D eigenvalue weighted by Gasteiger charge is -2.27. The van der Waals surface area contributed by atoms with Gasteiger partial charge in [0.1, 0.15) is 0 Å². The first-order chi connectivity index (χ1) is 8.84. The Labute approximate surface area is 108 Å². The Balaban J connectivity index is 1.92. The molecule has 1 fully saturated rings. The Kier molecular flexibility index (Phi) is 3.15. The lowest BCUT2D eigenvalue weighted by atomic mass is 9.84. The SMILES string of the molecule is NC1CCCC(c2ccnn2-c2ccccc2)C1. The van der Waals surface area contributed by atoms with E-state index in [-0.39, 0.29) is 0 Å². The first kappa shape index (κ1) is 11.5. The zero-order valence-electron chi connectivity index (χ0n) is 10.5. The molecular formula is C15H19N3. The Bertz CT molecular complexity index is 503. The molecule has 0 bridgehead atoms. The van der Waals surface area contributed by atoms with Crippen LogP contribution in [-0.2, 0) is 0 Å². The molecule has 0 saturated heterocycles. The fourth-order valence-electron chi connectivity index (χ4n) is 2.90. The second kappa shape index (κ2) is 4.94. The molecule has 1 aromatic heterocycles. The van der Waals surface area contributed by atoms with Crippen LogP contribution in [0.3, 0.4) is 0 Å². The number of rotatable bonds is 2. The van der Waals surface area contributed by atoms with Gasteiger partial charge in [-0.1, -0.05) is 24.6 Å². The van der Waals surface area contributed by atoms with Crippen LogP contribution in [0.1, 0.15) is 37.3 Å². The van der Waals surface area contributed by atoms with Crippen molar-refractivity contribution in [2.45, 2.75) is 37.6 Å². The van der Waals surface area contributed by atoms with Crippen LogP contribution in [0.15, 0.2) is 42.6 Å². The molecule has 0 amide bonds. The molecule has 18 heavy (non-hydrogen) atoms. The Morgan fingerprint density at radius 1 is 1.11 bits per heavy atom. The fourth-order valence-corrected chi connectivity index (χ4v) is 2.90. The van der Waals surface area contributed by atoms with Gasteiger partial charge in [-0.05, 0) is 37.5 Å². The maximum Gasteiger partial charge on any atom is 0.0648 e. The van der Waals surface area contributed by atoms with Crippen molar-refractivity contribution in [1.29, 1.82) is 0 Å². The largest absolute Gasteiger partial charge is 0.328 e. The zero-order valence-corrected chi connectivity index (χ0v) is 10.5. The van der Waals surface area contributed by atoms with Gasteiger partial charge in [-0.3, -0.25) is 0 Å². The van der Waals surface area contributed by atoms with Gasteiger partial charge in [-0.2, -0.15) is 5.10 Å². The van der Waals surface area contributed by atoms with Crippen molar-refractivity contribution in [3.05, 3.63) is 48.3 Å². The molecule has 2 aromatic rings. The number of para-hydroxylation sites is 1. The topological polar surface area (TPSA) is 43.8 Å². The number of nitrogens with two attached hydrogens (primary N) is 1. The summed E-state index contributed by atoms with van der Waals surface area (Å²) in [5.41, 5.74) is 8.53. The predicted octanol–water partition coefficient (Wildman–Crippen LogP) is 2.86. The third kappa shape index (κ3) is 2.18. The van der Waals surface area contributed by atoms with E-state index in [1.807, 2.05) is 24.4 Å². The summed E-state index contributed by atoms with van der Waals surface area (Å²) in [5.74, 6) is 0.552. The van der Waals surface area contributed by atoms with E-state index in [1.165, 1.54) is 18.5 Å². The van der Waals surface area contributed by atoms with E-state index in [0.29, 0.717) is 12.0 Å². The molecule has 1 aromatic carbocycles. The van der Waals surface area contributed by atoms with E-state index in [2.05, 4.69) is 28.0 Å². The molecule has 94 valence electrons. The maximum atomic E-state index is 6.09. The van der Waals surface area contributed by atoms with Crippen LogP contribution in [0.2, 0.25) is 0 Å². The zero-order chi connectivity index (χ0) is 12.4. The summed E-state index contributed by atoms with van der Waals surface area (Å²) in [6.07, 6.45) is 6.59. The van der Waals surface area contributed by atoms with Crippen molar-refractivity contribution >= 4 is 0 Å². The third-order valence-corrected chi connectivity index (χ3v) is 3.81. The smallest absolute Gasteiger partial charge is 0.0648 e. The fraction of sp³-hybridized carbons (Fsp3) is 0.400. The molecule has 1 aliphatic carbocycles. The lowest BCUT2D eigenvalue weighted by Crippen LogP contribution is -2.27. The van der Waals surface area contributed by atoms with Crippen LogP contribution in [0.25, 0.3) is 5.69 Å². The number of hydrogen-bond acceptors (Lipinski definition) is 2. The van der Waals surface area contributed by atoms with Gasteiger partial charge in [0.25, 0.3) is 0 Å².